The molecule has 0 radical (unpaired) electrons. The summed E-state index contributed by atoms with van der Waals surface area (Å²) in [6.45, 7) is 4.70. The predicted molar refractivity (Wildman–Crippen MR) is 96.3 cm³/mol. The lowest BCUT2D eigenvalue weighted by molar-refractivity contribution is 0.174. The number of rotatable bonds is 1. The van der Waals surface area contributed by atoms with E-state index < -0.39 is 10.1 Å². The van der Waals surface area contributed by atoms with E-state index in [1.807, 2.05) is 19.1 Å². The van der Waals surface area contributed by atoms with Gasteiger partial charge in [0.2, 0.25) is 0 Å². The smallest absolute Gasteiger partial charge is 0.294 e. The zero-order valence-corrected chi connectivity index (χ0v) is 15.2. The zero-order valence-electron chi connectivity index (χ0n) is 14.3. The molecule has 0 bridgehead atoms. The van der Waals surface area contributed by atoms with Gasteiger partial charge in [0, 0.05) is 6.20 Å². The van der Waals surface area contributed by atoms with Gasteiger partial charge in [-0.15, -0.1) is 0 Å². The largest absolute Gasteiger partial charge is 0.486 e. The van der Waals surface area contributed by atoms with Crippen molar-refractivity contribution in [2.24, 2.45) is 0 Å². The summed E-state index contributed by atoms with van der Waals surface area (Å²) in [5.41, 5.74) is 2.42. The Hall–Kier alpha value is -2.71. The highest BCUT2D eigenvalue weighted by Crippen LogP contribution is 2.36. The lowest BCUT2D eigenvalue weighted by Gasteiger charge is -2.19. The van der Waals surface area contributed by atoms with Gasteiger partial charge in [-0.3, -0.25) is 4.55 Å². The lowest BCUT2D eigenvalue weighted by atomic mass is 10.2. The molecule has 2 heterocycles. The molecule has 26 heavy (non-hydrogen) atoms. The normalized spacial score (nSPS) is 13.0. The second kappa shape index (κ2) is 7.27. The van der Waals surface area contributed by atoms with E-state index in [4.69, 9.17) is 14.0 Å². The van der Waals surface area contributed by atoms with Crippen molar-refractivity contribution in [3.05, 3.63) is 54.0 Å². The number of fused-ring (bicyclic) bond motifs is 3. The summed E-state index contributed by atoms with van der Waals surface area (Å²) in [7, 11) is -4.05. The van der Waals surface area contributed by atoms with Crippen molar-refractivity contribution in [1.29, 1.82) is 0 Å². The van der Waals surface area contributed by atoms with Crippen LogP contribution in [0.25, 0.3) is 10.9 Å². The highest BCUT2D eigenvalue weighted by Gasteiger charge is 2.15. The minimum atomic E-state index is -4.05. The molecule has 0 saturated carbocycles. The van der Waals surface area contributed by atoms with Crippen molar-refractivity contribution in [3.63, 3.8) is 0 Å². The van der Waals surface area contributed by atoms with Crippen molar-refractivity contribution in [3.8, 4) is 11.5 Å². The molecule has 136 valence electrons. The van der Waals surface area contributed by atoms with Crippen molar-refractivity contribution < 1.29 is 22.4 Å². The van der Waals surface area contributed by atoms with E-state index in [-0.39, 0.29) is 4.90 Å². The van der Waals surface area contributed by atoms with Crippen LogP contribution in [0.15, 0.2) is 47.8 Å². The molecule has 0 atom stereocenters. The fourth-order valence-electron chi connectivity index (χ4n) is 2.66. The quantitative estimate of drug-likeness (QED) is 0.654. The second-order valence-corrected chi connectivity index (χ2v) is 7.18. The Balaban J connectivity index is 0.000000153. The minimum Gasteiger partial charge on any atom is -0.486 e. The van der Waals surface area contributed by atoms with Crippen molar-refractivity contribution >= 4 is 21.0 Å². The molecule has 7 nitrogen and oxygen atoms in total. The van der Waals surface area contributed by atoms with E-state index in [9.17, 15) is 8.42 Å². The molecule has 2 aromatic carbocycles. The molecule has 4 rings (SSSR count). The fraction of sp³-hybridized carbons (Fsp3) is 0.222. The maximum absolute atomic E-state index is 10.7. The zero-order chi connectivity index (χ0) is 18.7. The number of aryl methyl sites for hydroxylation is 2. The average molecular weight is 374 g/mol. The minimum absolute atomic E-state index is 0.0203. The van der Waals surface area contributed by atoms with Gasteiger partial charge in [-0.25, -0.2) is 9.97 Å². The van der Waals surface area contributed by atoms with Crippen LogP contribution in [0.2, 0.25) is 0 Å². The Morgan fingerprint density at radius 3 is 2.58 bits per heavy atom. The van der Waals surface area contributed by atoms with E-state index in [1.54, 1.807) is 25.3 Å². The SMILES string of the molecule is Cc1ccc(S(=O)(=O)O)c(C)c1.c1ncc2c3c(ccc2n1)OCCO3. The summed E-state index contributed by atoms with van der Waals surface area (Å²) in [6, 6.07) is 8.55. The monoisotopic (exact) mass is 374 g/mol. The first-order chi connectivity index (χ1) is 12.4. The lowest BCUT2D eigenvalue weighted by Crippen LogP contribution is -2.15. The Morgan fingerprint density at radius 1 is 1.08 bits per heavy atom. The molecular weight excluding hydrogens is 356 g/mol. The molecule has 0 unspecified atom stereocenters. The maximum atomic E-state index is 10.7. The number of nitrogens with zero attached hydrogens (tertiary/aromatic N) is 2. The van der Waals surface area contributed by atoms with Crippen LogP contribution in [0, 0.1) is 13.8 Å². The highest BCUT2D eigenvalue weighted by atomic mass is 32.2. The Bertz CT molecular complexity index is 1050. The van der Waals surface area contributed by atoms with Crippen molar-refractivity contribution in [2.45, 2.75) is 18.7 Å². The average Bonchev–Trinajstić information content (AvgIpc) is 2.61. The van der Waals surface area contributed by atoms with Gasteiger partial charge in [0.05, 0.1) is 15.8 Å². The molecular formula is C18H18N2O5S. The van der Waals surface area contributed by atoms with Gasteiger partial charge in [0.1, 0.15) is 19.5 Å². The topological polar surface area (TPSA) is 98.6 Å². The van der Waals surface area contributed by atoms with E-state index in [0.717, 1.165) is 28.0 Å². The van der Waals surface area contributed by atoms with Crippen LogP contribution in [-0.4, -0.2) is 36.2 Å². The third-order valence-electron chi connectivity index (χ3n) is 3.80. The van der Waals surface area contributed by atoms with Crippen LogP contribution in [0.4, 0.5) is 0 Å². The summed E-state index contributed by atoms with van der Waals surface area (Å²) in [4.78, 5) is 8.10. The first kappa shape index (κ1) is 18.1. The number of aromatic nitrogens is 2. The van der Waals surface area contributed by atoms with Gasteiger partial charge in [-0.2, -0.15) is 8.42 Å². The fourth-order valence-corrected chi connectivity index (χ4v) is 3.36. The summed E-state index contributed by atoms with van der Waals surface area (Å²) >= 11 is 0. The number of benzene rings is 2. The molecule has 0 fully saturated rings. The molecule has 0 aliphatic carbocycles. The summed E-state index contributed by atoms with van der Waals surface area (Å²) in [6.07, 6.45) is 3.27. The predicted octanol–water partition coefficient (Wildman–Crippen LogP) is 2.95. The number of hydrogen-bond acceptors (Lipinski definition) is 6. The van der Waals surface area contributed by atoms with Gasteiger partial charge < -0.3 is 9.47 Å². The Labute approximate surface area is 151 Å². The molecule has 1 aliphatic heterocycles. The van der Waals surface area contributed by atoms with Crippen LogP contribution in [0.5, 0.6) is 11.5 Å². The molecule has 1 aliphatic rings. The maximum Gasteiger partial charge on any atom is 0.294 e. The molecule has 1 aromatic heterocycles. The number of ether oxygens (including phenoxy) is 2. The third kappa shape index (κ3) is 3.92. The van der Waals surface area contributed by atoms with Crippen molar-refractivity contribution in [1.82, 2.24) is 9.97 Å². The summed E-state index contributed by atoms with van der Waals surface area (Å²) in [5.74, 6) is 1.54. The first-order valence-corrected chi connectivity index (χ1v) is 9.33. The van der Waals surface area contributed by atoms with E-state index in [0.29, 0.717) is 18.8 Å². The Kier molecular flexibility index (Phi) is 5.06. The second-order valence-electron chi connectivity index (χ2n) is 5.79. The van der Waals surface area contributed by atoms with Gasteiger partial charge in [-0.1, -0.05) is 17.7 Å². The summed E-state index contributed by atoms with van der Waals surface area (Å²) < 4.78 is 41.2. The highest BCUT2D eigenvalue weighted by molar-refractivity contribution is 7.85. The van der Waals surface area contributed by atoms with Crippen molar-refractivity contribution in [2.75, 3.05) is 13.2 Å². The number of hydrogen-bond donors (Lipinski definition) is 1. The third-order valence-corrected chi connectivity index (χ3v) is 4.81. The van der Waals surface area contributed by atoms with Crippen LogP contribution < -0.4 is 9.47 Å². The first-order valence-electron chi connectivity index (χ1n) is 7.89. The van der Waals surface area contributed by atoms with E-state index >= 15 is 0 Å². The molecule has 0 amide bonds. The summed E-state index contributed by atoms with van der Waals surface area (Å²) in [5, 5.41) is 0.907. The van der Waals surface area contributed by atoms with Gasteiger partial charge in [0.25, 0.3) is 10.1 Å². The van der Waals surface area contributed by atoms with E-state index in [1.165, 1.54) is 12.4 Å². The standard InChI is InChI=1S/C10H8N2O2.C8H10O3S/c1-2-9-10(14-4-3-13-9)7-5-11-6-12-8(1)7;1-6-3-4-8(7(2)5-6)12(9,10)11/h1-2,5-6H,3-4H2;3-5H,1-2H3,(H,9,10,11). The van der Waals surface area contributed by atoms with Crippen LogP contribution in [0.1, 0.15) is 11.1 Å². The molecule has 8 heteroatoms. The van der Waals surface area contributed by atoms with Crippen LogP contribution in [-0.2, 0) is 10.1 Å². The Morgan fingerprint density at radius 2 is 1.85 bits per heavy atom. The molecule has 0 spiro atoms. The van der Waals surface area contributed by atoms with Gasteiger partial charge in [0.15, 0.2) is 11.5 Å². The van der Waals surface area contributed by atoms with Gasteiger partial charge in [-0.05, 0) is 37.6 Å². The van der Waals surface area contributed by atoms with Crippen LogP contribution >= 0.6 is 0 Å². The van der Waals surface area contributed by atoms with E-state index in [2.05, 4.69) is 9.97 Å². The molecule has 3 aromatic rings. The molecule has 1 N–H and O–H groups in total. The van der Waals surface area contributed by atoms with Crippen LogP contribution in [0.3, 0.4) is 0 Å². The van der Waals surface area contributed by atoms with Gasteiger partial charge >= 0.3 is 0 Å². The molecule has 0 saturated heterocycles.